The predicted molar refractivity (Wildman–Crippen MR) is 107 cm³/mol. The number of rotatable bonds is 9. The molecule has 0 aliphatic rings. The van der Waals surface area contributed by atoms with Crippen LogP contribution in [0.25, 0.3) is 0 Å². The van der Waals surface area contributed by atoms with Crippen molar-refractivity contribution in [1.29, 1.82) is 0 Å². The van der Waals surface area contributed by atoms with Crippen molar-refractivity contribution in [3.05, 3.63) is 47.5 Å². The smallest absolute Gasteiger partial charge is 0.238 e. The second-order valence-corrected chi connectivity index (χ2v) is 7.17. The van der Waals surface area contributed by atoms with Gasteiger partial charge in [-0.05, 0) is 36.7 Å². The molecule has 0 fully saturated rings. The summed E-state index contributed by atoms with van der Waals surface area (Å²) in [6, 6.07) is 10.3. The Morgan fingerprint density at radius 3 is 2.07 bits per heavy atom. The Balaban J connectivity index is 0.00000364. The third-order valence-corrected chi connectivity index (χ3v) is 4.87. The average Bonchev–Trinajstić information content (AvgIpc) is 2.64. The molecule has 9 heteroatoms. The van der Waals surface area contributed by atoms with Gasteiger partial charge < -0.3 is 19.5 Å². The lowest BCUT2D eigenvalue weighted by Gasteiger charge is -2.16. The van der Waals surface area contributed by atoms with Crippen LogP contribution in [0.5, 0.6) is 17.2 Å². The summed E-state index contributed by atoms with van der Waals surface area (Å²) in [7, 11) is 1.09. The van der Waals surface area contributed by atoms with Gasteiger partial charge in [0.05, 0.1) is 26.2 Å². The molecule has 0 amide bonds. The first-order chi connectivity index (χ1) is 12.4. The number of ether oxygens (including phenoxy) is 3. The van der Waals surface area contributed by atoms with Gasteiger partial charge in [-0.3, -0.25) is 0 Å². The minimum absolute atomic E-state index is 0. The highest BCUT2D eigenvalue weighted by molar-refractivity contribution is 7.89. The van der Waals surface area contributed by atoms with Crippen molar-refractivity contribution in [1.82, 2.24) is 5.32 Å². The van der Waals surface area contributed by atoms with Crippen molar-refractivity contribution >= 4 is 22.4 Å². The molecule has 3 N–H and O–H groups in total. The van der Waals surface area contributed by atoms with Crippen molar-refractivity contribution in [2.45, 2.75) is 17.9 Å². The van der Waals surface area contributed by atoms with Crippen LogP contribution in [0.2, 0.25) is 0 Å². The quantitative estimate of drug-likeness (QED) is 0.607. The van der Waals surface area contributed by atoms with E-state index in [9.17, 15) is 8.42 Å². The summed E-state index contributed by atoms with van der Waals surface area (Å²) in [6.07, 6.45) is 0.751. The lowest BCUT2D eigenvalue weighted by molar-refractivity contribution is 0.321. The summed E-state index contributed by atoms with van der Waals surface area (Å²) in [4.78, 5) is 0.115. The normalized spacial score (nSPS) is 10.8. The van der Waals surface area contributed by atoms with Crippen LogP contribution in [-0.4, -0.2) is 36.3 Å². The van der Waals surface area contributed by atoms with Crippen molar-refractivity contribution in [3.63, 3.8) is 0 Å². The zero-order chi connectivity index (χ0) is 19.2. The molecule has 0 spiro atoms. The van der Waals surface area contributed by atoms with E-state index in [1.807, 2.05) is 12.1 Å². The van der Waals surface area contributed by atoms with E-state index in [-0.39, 0.29) is 17.3 Å². The van der Waals surface area contributed by atoms with Crippen molar-refractivity contribution in [2.75, 3.05) is 27.9 Å². The maximum Gasteiger partial charge on any atom is 0.238 e. The molecule has 7 nitrogen and oxygen atoms in total. The number of benzene rings is 2. The van der Waals surface area contributed by atoms with E-state index in [1.54, 1.807) is 33.5 Å². The van der Waals surface area contributed by atoms with Crippen molar-refractivity contribution < 1.29 is 22.6 Å². The molecule has 0 aliphatic carbocycles. The van der Waals surface area contributed by atoms with Gasteiger partial charge >= 0.3 is 0 Å². The molecule has 0 bridgehead atoms. The number of primary sulfonamides is 1. The highest BCUT2D eigenvalue weighted by atomic mass is 35.5. The molecule has 0 saturated heterocycles. The molecular weight excluding hydrogens is 392 g/mol. The Morgan fingerprint density at radius 1 is 0.926 bits per heavy atom. The first kappa shape index (κ1) is 23.0. The monoisotopic (exact) mass is 416 g/mol. The molecule has 0 saturated carbocycles. The number of nitrogens with one attached hydrogen (secondary N) is 1. The minimum atomic E-state index is -3.65. The molecule has 0 unspecified atom stereocenters. The van der Waals surface area contributed by atoms with E-state index in [1.165, 1.54) is 12.1 Å². The van der Waals surface area contributed by atoms with Crippen LogP contribution >= 0.6 is 12.4 Å². The van der Waals surface area contributed by atoms with Gasteiger partial charge in [0, 0.05) is 12.1 Å². The third kappa shape index (κ3) is 6.00. The van der Waals surface area contributed by atoms with Crippen LogP contribution < -0.4 is 24.7 Å². The van der Waals surface area contributed by atoms with Crippen LogP contribution in [0.4, 0.5) is 0 Å². The fourth-order valence-corrected chi connectivity index (χ4v) is 3.12. The summed E-state index contributed by atoms with van der Waals surface area (Å²) in [6.45, 7) is 1.31. The number of hydrogen-bond acceptors (Lipinski definition) is 6. The molecule has 0 heterocycles. The van der Waals surface area contributed by atoms with Gasteiger partial charge in [-0.25, -0.2) is 13.6 Å². The van der Waals surface area contributed by atoms with E-state index < -0.39 is 10.0 Å². The minimum Gasteiger partial charge on any atom is -0.493 e. The maximum atomic E-state index is 11.3. The number of sulfonamides is 1. The fourth-order valence-electron chi connectivity index (χ4n) is 2.60. The number of nitrogens with two attached hydrogens (primary N) is 1. The SMILES string of the molecule is COc1ccc(CNCCc2ccc(S(N)(=O)=O)cc2)c(OC)c1OC.Cl. The second-order valence-electron chi connectivity index (χ2n) is 5.61. The van der Waals surface area contributed by atoms with Crippen LogP contribution in [0, 0.1) is 0 Å². The lowest BCUT2D eigenvalue weighted by atomic mass is 10.1. The Hall–Kier alpha value is -2.00. The Labute approximate surface area is 166 Å². The summed E-state index contributed by atoms with van der Waals surface area (Å²) in [5.41, 5.74) is 1.97. The van der Waals surface area contributed by atoms with E-state index in [0.29, 0.717) is 30.3 Å². The zero-order valence-electron chi connectivity index (χ0n) is 15.5. The Kier molecular flexibility index (Phi) is 8.84. The van der Waals surface area contributed by atoms with E-state index in [0.717, 1.165) is 17.5 Å². The first-order valence-electron chi connectivity index (χ1n) is 8.01. The molecule has 150 valence electrons. The van der Waals surface area contributed by atoms with E-state index in [2.05, 4.69) is 5.32 Å². The molecular formula is C18H25ClN2O5S. The largest absolute Gasteiger partial charge is 0.493 e. The Bertz CT molecular complexity index is 842. The van der Waals surface area contributed by atoms with E-state index in [4.69, 9.17) is 19.3 Å². The fraction of sp³-hybridized carbons (Fsp3) is 0.333. The Morgan fingerprint density at radius 2 is 1.56 bits per heavy atom. The molecule has 0 atom stereocenters. The van der Waals surface area contributed by atoms with Crippen LogP contribution in [-0.2, 0) is 23.0 Å². The van der Waals surface area contributed by atoms with Crippen LogP contribution in [0.3, 0.4) is 0 Å². The van der Waals surface area contributed by atoms with E-state index >= 15 is 0 Å². The van der Waals surface area contributed by atoms with Crippen LogP contribution in [0.15, 0.2) is 41.3 Å². The van der Waals surface area contributed by atoms with Gasteiger partial charge in [-0.1, -0.05) is 18.2 Å². The number of methoxy groups -OCH3 is 3. The first-order valence-corrected chi connectivity index (χ1v) is 9.55. The molecule has 0 aliphatic heterocycles. The highest BCUT2D eigenvalue weighted by Crippen LogP contribution is 2.39. The summed E-state index contributed by atoms with van der Waals surface area (Å²) >= 11 is 0. The average molecular weight is 417 g/mol. The standard InChI is InChI=1S/C18H24N2O5S.ClH/c1-23-16-9-6-14(17(24-2)18(16)25-3)12-20-11-10-13-4-7-15(8-5-13)26(19,21)22;/h4-9,20H,10-12H2,1-3H3,(H2,19,21,22);1H. The molecule has 2 aromatic rings. The lowest BCUT2D eigenvalue weighted by Crippen LogP contribution is -2.17. The number of halogens is 1. The van der Waals surface area contributed by atoms with Crippen LogP contribution in [0.1, 0.15) is 11.1 Å². The summed E-state index contributed by atoms with van der Waals surface area (Å²) in [5, 5.41) is 8.43. The highest BCUT2D eigenvalue weighted by Gasteiger charge is 2.15. The molecule has 2 rings (SSSR count). The second kappa shape index (κ2) is 10.4. The molecule has 2 aromatic carbocycles. The number of hydrogen-bond donors (Lipinski definition) is 2. The summed E-state index contributed by atoms with van der Waals surface area (Å²) in [5.74, 6) is 1.81. The molecule has 0 aromatic heterocycles. The van der Waals surface area contributed by atoms with Crippen molar-refractivity contribution in [3.8, 4) is 17.2 Å². The van der Waals surface area contributed by atoms with Gasteiger partial charge in [0.15, 0.2) is 11.5 Å². The van der Waals surface area contributed by atoms with Crippen molar-refractivity contribution in [2.24, 2.45) is 5.14 Å². The summed E-state index contributed by atoms with van der Waals surface area (Å²) < 4.78 is 38.6. The zero-order valence-corrected chi connectivity index (χ0v) is 17.2. The predicted octanol–water partition coefficient (Wildman–Crippen LogP) is 2.11. The molecule has 27 heavy (non-hydrogen) atoms. The van der Waals surface area contributed by atoms with Gasteiger partial charge in [0.2, 0.25) is 15.8 Å². The van der Waals surface area contributed by atoms with Gasteiger partial charge in [0.25, 0.3) is 0 Å². The maximum absolute atomic E-state index is 11.3. The van der Waals surface area contributed by atoms with Gasteiger partial charge in [-0.15, -0.1) is 12.4 Å². The van der Waals surface area contributed by atoms with Gasteiger partial charge in [0.1, 0.15) is 0 Å². The van der Waals surface area contributed by atoms with Gasteiger partial charge in [-0.2, -0.15) is 0 Å². The molecule has 0 radical (unpaired) electrons. The topological polar surface area (TPSA) is 99.9 Å². The third-order valence-electron chi connectivity index (χ3n) is 3.94.